The normalized spacial score (nSPS) is 11.7. The lowest BCUT2D eigenvalue weighted by molar-refractivity contribution is -0.274. The summed E-state index contributed by atoms with van der Waals surface area (Å²) in [5.41, 5.74) is 1.98. The predicted octanol–water partition coefficient (Wildman–Crippen LogP) is 6.70. The number of para-hydroxylation sites is 1. The lowest BCUT2D eigenvalue weighted by atomic mass is 10.00. The standard InChI is InChI=1S/C26H17F4N3O4/c1-13-23(14(2)37-32-13)16-9-18-19(12-33(24(18)31-11-16)21-6-4-3-5-20(21)27)17-8-7-15(25(34)35)10-22(17)36-26(28,29)30/h3-12H,1-2H3,(H,34,35). The van der Waals surface area contributed by atoms with Gasteiger partial charge >= 0.3 is 12.3 Å². The van der Waals surface area contributed by atoms with Gasteiger partial charge < -0.3 is 14.4 Å². The molecule has 0 aliphatic heterocycles. The first-order valence-corrected chi connectivity index (χ1v) is 10.9. The Bertz CT molecular complexity index is 1650. The zero-order chi connectivity index (χ0) is 26.5. The second kappa shape index (κ2) is 8.77. The lowest BCUT2D eigenvalue weighted by Gasteiger charge is -2.14. The number of carboxylic acid groups (broad SMARTS) is 1. The third kappa shape index (κ3) is 4.39. The van der Waals surface area contributed by atoms with Crippen LogP contribution < -0.4 is 4.74 Å². The number of carbonyl (C=O) groups is 1. The number of carboxylic acids is 1. The number of ether oxygens (including phenoxy) is 1. The highest BCUT2D eigenvalue weighted by molar-refractivity contribution is 6.00. The molecule has 0 aliphatic rings. The monoisotopic (exact) mass is 511 g/mol. The van der Waals surface area contributed by atoms with Crippen molar-refractivity contribution in [3.8, 4) is 33.7 Å². The Labute approximate surface area is 206 Å². The van der Waals surface area contributed by atoms with Crippen LogP contribution in [0.25, 0.3) is 39.0 Å². The fourth-order valence-electron chi connectivity index (χ4n) is 4.27. The maximum Gasteiger partial charge on any atom is 0.573 e. The van der Waals surface area contributed by atoms with Gasteiger partial charge in [-0.15, -0.1) is 13.2 Å². The molecule has 3 aromatic heterocycles. The zero-order valence-electron chi connectivity index (χ0n) is 19.3. The van der Waals surface area contributed by atoms with Crippen molar-refractivity contribution in [2.45, 2.75) is 20.2 Å². The first-order valence-electron chi connectivity index (χ1n) is 10.9. The largest absolute Gasteiger partial charge is 0.573 e. The number of hydrogen-bond donors (Lipinski definition) is 1. The van der Waals surface area contributed by atoms with E-state index in [4.69, 9.17) is 4.52 Å². The number of fused-ring (bicyclic) bond motifs is 1. The Kier molecular flexibility index (Phi) is 5.70. The third-order valence-corrected chi connectivity index (χ3v) is 5.82. The van der Waals surface area contributed by atoms with Crippen LogP contribution in [0.15, 0.2) is 65.4 Å². The molecule has 0 amide bonds. The average molecular weight is 511 g/mol. The molecule has 0 unspecified atom stereocenters. The van der Waals surface area contributed by atoms with E-state index in [0.717, 1.165) is 6.07 Å². The molecule has 0 bridgehead atoms. The number of rotatable bonds is 5. The molecule has 0 atom stereocenters. The highest BCUT2D eigenvalue weighted by Crippen LogP contribution is 2.41. The highest BCUT2D eigenvalue weighted by Gasteiger charge is 2.33. The summed E-state index contributed by atoms with van der Waals surface area (Å²) in [5.74, 6) is -2.20. The van der Waals surface area contributed by atoms with E-state index in [1.165, 1.54) is 47.3 Å². The van der Waals surface area contributed by atoms with Gasteiger partial charge in [-0.25, -0.2) is 14.2 Å². The summed E-state index contributed by atoms with van der Waals surface area (Å²) in [6.45, 7) is 3.45. The minimum atomic E-state index is -5.09. The van der Waals surface area contributed by atoms with E-state index >= 15 is 0 Å². The first-order chi connectivity index (χ1) is 17.5. The van der Waals surface area contributed by atoms with E-state index < -0.39 is 29.5 Å². The molecular formula is C26H17F4N3O4. The zero-order valence-corrected chi connectivity index (χ0v) is 19.3. The Hall–Kier alpha value is -4.67. The van der Waals surface area contributed by atoms with Crippen molar-refractivity contribution in [2.24, 2.45) is 0 Å². The summed E-state index contributed by atoms with van der Waals surface area (Å²) >= 11 is 0. The molecule has 0 saturated carbocycles. The molecule has 0 spiro atoms. The smallest absolute Gasteiger partial charge is 0.478 e. The molecule has 7 nitrogen and oxygen atoms in total. The summed E-state index contributed by atoms with van der Waals surface area (Å²) < 4.78 is 65.5. The molecule has 37 heavy (non-hydrogen) atoms. The van der Waals surface area contributed by atoms with Crippen molar-refractivity contribution >= 4 is 17.0 Å². The van der Waals surface area contributed by atoms with Gasteiger partial charge in [-0.05, 0) is 50.2 Å². The van der Waals surface area contributed by atoms with Crippen LogP contribution in [0.5, 0.6) is 5.75 Å². The molecule has 5 aromatic rings. The fraction of sp³-hybridized carbons (Fsp3) is 0.115. The van der Waals surface area contributed by atoms with Crippen molar-refractivity contribution in [1.29, 1.82) is 0 Å². The predicted molar refractivity (Wildman–Crippen MR) is 125 cm³/mol. The van der Waals surface area contributed by atoms with E-state index in [-0.39, 0.29) is 22.5 Å². The van der Waals surface area contributed by atoms with Crippen molar-refractivity contribution in [2.75, 3.05) is 0 Å². The maximum absolute atomic E-state index is 14.8. The molecule has 5 rings (SSSR count). The van der Waals surface area contributed by atoms with Gasteiger partial charge in [0.25, 0.3) is 0 Å². The fourth-order valence-corrected chi connectivity index (χ4v) is 4.27. The van der Waals surface area contributed by atoms with Crippen LogP contribution in [-0.4, -0.2) is 32.1 Å². The Morgan fingerprint density at radius 3 is 2.49 bits per heavy atom. The van der Waals surface area contributed by atoms with Crippen LogP contribution in [0.1, 0.15) is 21.8 Å². The van der Waals surface area contributed by atoms with Crippen molar-refractivity contribution in [1.82, 2.24) is 14.7 Å². The van der Waals surface area contributed by atoms with E-state index in [0.29, 0.717) is 28.0 Å². The Balaban J connectivity index is 1.83. The summed E-state index contributed by atoms with van der Waals surface area (Å²) in [6, 6.07) is 10.7. The van der Waals surface area contributed by atoms with Gasteiger partial charge in [-0.1, -0.05) is 17.3 Å². The minimum absolute atomic E-state index is 0.0554. The number of aromatic nitrogens is 3. The van der Waals surface area contributed by atoms with Crippen molar-refractivity contribution < 1.29 is 36.7 Å². The molecule has 0 saturated heterocycles. The summed E-state index contributed by atoms with van der Waals surface area (Å²) in [7, 11) is 0. The first kappa shape index (κ1) is 24.0. The van der Waals surface area contributed by atoms with Crippen LogP contribution in [0.3, 0.4) is 0 Å². The average Bonchev–Trinajstić information content (AvgIpc) is 3.37. The van der Waals surface area contributed by atoms with E-state index in [1.54, 1.807) is 26.0 Å². The number of halogens is 4. The van der Waals surface area contributed by atoms with Crippen molar-refractivity contribution in [3.05, 3.63) is 83.8 Å². The molecular weight excluding hydrogens is 494 g/mol. The molecule has 0 fully saturated rings. The van der Waals surface area contributed by atoms with Crippen LogP contribution in [0, 0.1) is 19.7 Å². The molecule has 3 heterocycles. The van der Waals surface area contributed by atoms with Gasteiger partial charge in [0.15, 0.2) is 0 Å². The number of pyridine rings is 1. The summed E-state index contributed by atoms with van der Waals surface area (Å²) in [5, 5.41) is 13.6. The van der Waals surface area contributed by atoms with E-state index in [9.17, 15) is 27.5 Å². The molecule has 0 aliphatic carbocycles. The highest BCUT2D eigenvalue weighted by atomic mass is 19.4. The van der Waals surface area contributed by atoms with Gasteiger partial charge in [0, 0.05) is 40.0 Å². The third-order valence-electron chi connectivity index (χ3n) is 5.82. The number of aromatic carboxylic acids is 1. The van der Waals surface area contributed by atoms with Gasteiger partial charge in [0.1, 0.15) is 23.0 Å². The Morgan fingerprint density at radius 1 is 1.08 bits per heavy atom. The number of hydrogen-bond acceptors (Lipinski definition) is 5. The molecule has 188 valence electrons. The van der Waals surface area contributed by atoms with E-state index in [2.05, 4.69) is 14.9 Å². The molecule has 0 radical (unpaired) electrons. The van der Waals surface area contributed by atoms with Crippen LogP contribution in [-0.2, 0) is 0 Å². The number of aryl methyl sites for hydroxylation is 2. The summed E-state index contributed by atoms with van der Waals surface area (Å²) in [6.07, 6.45) is -2.11. The van der Waals surface area contributed by atoms with Gasteiger partial charge in [0.05, 0.1) is 16.9 Å². The van der Waals surface area contributed by atoms with Crippen LogP contribution in [0.2, 0.25) is 0 Å². The van der Waals surface area contributed by atoms with Gasteiger partial charge in [0.2, 0.25) is 0 Å². The second-order valence-electron chi connectivity index (χ2n) is 8.22. The number of nitrogens with zero attached hydrogens (tertiary/aromatic N) is 3. The van der Waals surface area contributed by atoms with E-state index in [1.807, 2.05) is 0 Å². The summed E-state index contributed by atoms with van der Waals surface area (Å²) in [4.78, 5) is 15.9. The number of benzene rings is 2. The second-order valence-corrected chi connectivity index (χ2v) is 8.22. The topological polar surface area (TPSA) is 90.4 Å². The van der Waals surface area contributed by atoms with Crippen molar-refractivity contribution in [3.63, 3.8) is 0 Å². The SMILES string of the molecule is Cc1noc(C)c1-c1cnc2c(c1)c(-c1ccc(C(=O)O)cc1OC(F)(F)F)cn2-c1ccccc1F. The molecule has 2 aromatic carbocycles. The number of alkyl halides is 3. The Morgan fingerprint density at radius 2 is 1.84 bits per heavy atom. The molecule has 11 heteroatoms. The minimum Gasteiger partial charge on any atom is -0.478 e. The van der Waals surface area contributed by atoms with Crippen LogP contribution >= 0.6 is 0 Å². The quantitative estimate of drug-likeness (QED) is 0.264. The van der Waals surface area contributed by atoms with Crippen LogP contribution in [0.4, 0.5) is 17.6 Å². The van der Waals surface area contributed by atoms with Gasteiger partial charge in [-0.3, -0.25) is 4.57 Å². The lowest BCUT2D eigenvalue weighted by Crippen LogP contribution is -2.18. The van der Waals surface area contributed by atoms with Gasteiger partial charge in [-0.2, -0.15) is 0 Å². The maximum atomic E-state index is 14.8. The molecule has 1 N–H and O–H groups in total.